The van der Waals surface area contributed by atoms with Crippen LogP contribution in [0.25, 0.3) is 0 Å². The number of anilines is 2. The van der Waals surface area contributed by atoms with Crippen molar-refractivity contribution in [3.63, 3.8) is 0 Å². The predicted octanol–water partition coefficient (Wildman–Crippen LogP) is 6.65. The van der Waals surface area contributed by atoms with Crippen LogP contribution >= 0.6 is 0 Å². The maximum Gasteiger partial charge on any atom is 0.264 e. The molecule has 0 radical (unpaired) electrons. The molecule has 1 aromatic heterocycles. The maximum atomic E-state index is 13.9. The molecule has 214 valence electrons. The lowest BCUT2D eigenvalue weighted by atomic mass is 9.53. The lowest BCUT2D eigenvalue weighted by Crippen LogP contribution is -2.45. The normalized spacial score (nSPS) is 24.9. The summed E-state index contributed by atoms with van der Waals surface area (Å²) in [5.74, 6) is 0.844. The summed E-state index contributed by atoms with van der Waals surface area (Å²) in [6.07, 6.45) is 11.4. The van der Waals surface area contributed by atoms with Gasteiger partial charge in [0.05, 0.1) is 29.8 Å². The third-order valence-corrected chi connectivity index (χ3v) is 10.9. The minimum atomic E-state index is -3.90. The van der Waals surface area contributed by atoms with Crippen molar-refractivity contribution in [2.24, 2.45) is 16.7 Å². The topological polar surface area (TPSA) is 110 Å². The highest BCUT2D eigenvalue weighted by Crippen LogP contribution is 2.60. The largest absolute Gasteiger partial charge is 0.494 e. The van der Waals surface area contributed by atoms with Crippen LogP contribution in [-0.4, -0.2) is 31.4 Å². The smallest absolute Gasteiger partial charge is 0.264 e. The molecule has 2 unspecified atom stereocenters. The van der Waals surface area contributed by atoms with E-state index in [2.05, 4.69) is 47.7 Å². The average Bonchev–Trinajstić information content (AvgIpc) is 2.95. The van der Waals surface area contributed by atoms with Gasteiger partial charge in [-0.25, -0.2) is 23.1 Å². The number of benzene rings is 1. The van der Waals surface area contributed by atoms with Gasteiger partial charge in [0.2, 0.25) is 11.9 Å². The number of allylic oxidation sites excluding steroid dienone is 3. The molecule has 0 fully saturated rings. The number of rotatable bonds is 7. The highest BCUT2D eigenvalue weighted by Gasteiger charge is 2.50. The summed E-state index contributed by atoms with van der Waals surface area (Å²) >= 11 is 0. The van der Waals surface area contributed by atoms with Gasteiger partial charge in [-0.2, -0.15) is 0 Å². The molecule has 0 bridgehead atoms. The first-order valence-corrected chi connectivity index (χ1v) is 15.7. The first-order valence-electron chi connectivity index (χ1n) is 14.2. The molecule has 0 saturated heterocycles. The zero-order chi connectivity index (χ0) is 28.7. The summed E-state index contributed by atoms with van der Waals surface area (Å²) in [7, 11) is -2.42. The molecule has 2 atom stereocenters. The quantitative estimate of drug-likeness (QED) is 0.390. The molecule has 1 aromatic carbocycles. The summed E-state index contributed by atoms with van der Waals surface area (Å²) in [5.41, 5.74) is 5.99. The second kappa shape index (κ2) is 10.7. The van der Waals surface area contributed by atoms with Gasteiger partial charge in [0.25, 0.3) is 10.0 Å². The summed E-state index contributed by atoms with van der Waals surface area (Å²) in [4.78, 5) is 21.9. The van der Waals surface area contributed by atoms with E-state index < -0.39 is 15.4 Å². The van der Waals surface area contributed by atoms with Crippen LogP contribution in [0.5, 0.6) is 5.75 Å². The molecule has 0 saturated carbocycles. The number of ether oxygens (including phenoxy) is 1. The van der Waals surface area contributed by atoms with Crippen LogP contribution in [0.2, 0.25) is 0 Å². The molecule has 0 aliphatic heterocycles. The third kappa shape index (κ3) is 5.04. The Labute approximate surface area is 237 Å². The van der Waals surface area contributed by atoms with Gasteiger partial charge in [-0.1, -0.05) is 31.9 Å². The Kier molecular flexibility index (Phi) is 7.54. The van der Waals surface area contributed by atoms with E-state index in [4.69, 9.17) is 4.74 Å². The Morgan fingerprint density at radius 3 is 2.30 bits per heavy atom. The number of hydrogen-bond acceptors (Lipinski definition) is 6. The van der Waals surface area contributed by atoms with E-state index in [9.17, 15) is 13.2 Å². The molecule has 3 aliphatic rings. The van der Waals surface area contributed by atoms with Crippen LogP contribution in [-0.2, 0) is 14.8 Å². The number of sulfonamides is 1. The first-order chi connectivity index (χ1) is 19.0. The van der Waals surface area contributed by atoms with Crippen molar-refractivity contribution < 1.29 is 17.9 Å². The number of carbonyl (C=O) groups excluding carboxylic acids is 1. The van der Waals surface area contributed by atoms with Crippen molar-refractivity contribution in [3.05, 3.63) is 59.0 Å². The molecule has 9 heteroatoms. The van der Waals surface area contributed by atoms with Gasteiger partial charge in [0.15, 0.2) is 5.75 Å². The summed E-state index contributed by atoms with van der Waals surface area (Å²) in [6.45, 7) is 9.13. The minimum absolute atomic E-state index is 0.0222. The van der Waals surface area contributed by atoms with Crippen LogP contribution in [0.1, 0.15) is 79.1 Å². The second-order valence-corrected chi connectivity index (χ2v) is 13.8. The monoisotopic (exact) mass is 564 g/mol. The van der Waals surface area contributed by atoms with Crippen molar-refractivity contribution in [2.75, 3.05) is 17.1 Å². The van der Waals surface area contributed by atoms with Crippen LogP contribution in [0, 0.1) is 16.7 Å². The van der Waals surface area contributed by atoms with Gasteiger partial charge in [-0.15, -0.1) is 0 Å². The fourth-order valence-corrected chi connectivity index (χ4v) is 7.58. The van der Waals surface area contributed by atoms with Crippen molar-refractivity contribution in [1.82, 2.24) is 9.97 Å². The third-order valence-electron chi connectivity index (χ3n) is 9.53. The number of hydrogen-bond donors (Lipinski definition) is 2. The van der Waals surface area contributed by atoms with Gasteiger partial charge in [-0.05, 0) is 105 Å². The minimum Gasteiger partial charge on any atom is -0.494 e. The van der Waals surface area contributed by atoms with Crippen LogP contribution in [0.4, 0.5) is 11.6 Å². The number of fused-ring (bicyclic) bond motifs is 1. The Hall–Kier alpha value is -3.20. The Morgan fingerprint density at radius 2 is 1.65 bits per heavy atom. The number of aromatic nitrogens is 2. The van der Waals surface area contributed by atoms with Crippen molar-refractivity contribution in [1.29, 1.82) is 0 Å². The van der Waals surface area contributed by atoms with Crippen LogP contribution < -0.4 is 14.8 Å². The van der Waals surface area contributed by atoms with Gasteiger partial charge < -0.3 is 10.1 Å². The molecule has 2 N–H and O–H groups in total. The molecule has 8 nitrogen and oxygen atoms in total. The second-order valence-electron chi connectivity index (χ2n) is 12.1. The van der Waals surface area contributed by atoms with Crippen molar-refractivity contribution >= 4 is 27.6 Å². The van der Waals surface area contributed by atoms with Crippen LogP contribution in [0.15, 0.2) is 63.8 Å². The first kappa shape index (κ1) is 28.3. The standard InChI is InChI=1S/C31H40N4O4S/c1-20(2)30(3)16-17-31(4,26-15-10-21-8-6-7-9-25(21)27(26)30)28(36)34-22-11-13-24(14-12-22)40(37,38)35-29-32-18-23(39-5)19-33-29/h11-14,18-20H,6-10,15-17H2,1-5H3,(H,34,36)(H,32,33,35). The SMILES string of the molecule is COc1cnc(NS(=O)(=O)c2ccc(NC(=O)C3(C)CCC(C)(C(C)C)C4=C3CCC3=C4CCCC3)cc2)nc1. The highest BCUT2D eigenvalue weighted by molar-refractivity contribution is 7.92. The van der Waals surface area contributed by atoms with E-state index >= 15 is 0 Å². The number of amides is 1. The summed E-state index contributed by atoms with van der Waals surface area (Å²) in [6, 6.07) is 6.21. The molecule has 2 aromatic rings. The van der Waals surface area contributed by atoms with Gasteiger partial charge >= 0.3 is 0 Å². The zero-order valence-electron chi connectivity index (χ0n) is 24.1. The van der Waals surface area contributed by atoms with E-state index in [0.29, 0.717) is 17.4 Å². The van der Waals surface area contributed by atoms with E-state index in [0.717, 1.165) is 32.1 Å². The van der Waals surface area contributed by atoms with Gasteiger partial charge in [0, 0.05) is 5.69 Å². The van der Waals surface area contributed by atoms with E-state index in [1.165, 1.54) is 62.0 Å². The molecule has 3 aliphatic carbocycles. The summed E-state index contributed by atoms with van der Waals surface area (Å²) < 4.78 is 33.1. The molecular weight excluding hydrogens is 524 g/mol. The zero-order valence-corrected chi connectivity index (χ0v) is 25.0. The fraction of sp³-hybridized carbons (Fsp3) is 0.516. The number of carbonyl (C=O) groups is 1. The lowest BCUT2D eigenvalue weighted by Gasteiger charge is -2.51. The van der Waals surface area contributed by atoms with Crippen molar-refractivity contribution in [3.8, 4) is 5.75 Å². The molecule has 5 rings (SSSR count). The van der Waals surface area contributed by atoms with E-state index in [1.807, 2.05) is 0 Å². The number of nitrogens with one attached hydrogen (secondary N) is 2. The molecular formula is C31H40N4O4S. The predicted molar refractivity (Wildman–Crippen MR) is 157 cm³/mol. The molecule has 1 amide bonds. The molecule has 0 spiro atoms. The lowest BCUT2D eigenvalue weighted by molar-refractivity contribution is -0.124. The van der Waals surface area contributed by atoms with E-state index in [-0.39, 0.29) is 22.2 Å². The van der Waals surface area contributed by atoms with Crippen molar-refractivity contribution in [2.45, 2.75) is 84.0 Å². The van der Waals surface area contributed by atoms with E-state index in [1.54, 1.807) is 23.3 Å². The fourth-order valence-electron chi connectivity index (χ4n) is 6.62. The van der Waals surface area contributed by atoms with Gasteiger partial charge in [-0.3, -0.25) is 4.79 Å². The molecule has 40 heavy (non-hydrogen) atoms. The molecule has 1 heterocycles. The Morgan fingerprint density at radius 1 is 0.975 bits per heavy atom. The number of methoxy groups -OCH3 is 1. The van der Waals surface area contributed by atoms with Crippen LogP contribution in [0.3, 0.4) is 0 Å². The Balaban J connectivity index is 1.38. The number of nitrogens with zero attached hydrogens (tertiary/aromatic N) is 2. The Bertz CT molecular complexity index is 1460. The summed E-state index contributed by atoms with van der Waals surface area (Å²) in [5, 5.41) is 3.11. The maximum absolute atomic E-state index is 13.9. The van der Waals surface area contributed by atoms with Gasteiger partial charge in [0.1, 0.15) is 0 Å². The highest BCUT2D eigenvalue weighted by atomic mass is 32.2. The average molecular weight is 565 g/mol.